The zero-order valence-electron chi connectivity index (χ0n) is 17.4. The topological polar surface area (TPSA) is 37.7 Å². The van der Waals surface area contributed by atoms with Crippen LogP contribution in [-0.2, 0) is 4.79 Å². The molecule has 29 heavy (non-hydrogen) atoms. The average Bonchev–Trinajstić information content (AvgIpc) is 3.48. The van der Waals surface area contributed by atoms with Gasteiger partial charge in [-0.15, -0.1) is 0 Å². The summed E-state index contributed by atoms with van der Waals surface area (Å²) in [5, 5.41) is 1.26. The fourth-order valence-electron chi connectivity index (χ4n) is 5.40. The van der Waals surface area contributed by atoms with Gasteiger partial charge in [-0.25, -0.2) is 0 Å². The summed E-state index contributed by atoms with van der Waals surface area (Å²) in [6.07, 6.45) is 11.8. The predicted molar refractivity (Wildman–Crippen MR) is 115 cm³/mol. The number of benzene rings is 1. The smallest absolute Gasteiger partial charge is 0.222 e. The zero-order valence-corrected chi connectivity index (χ0v) is 17.4. The third-order valence-corrected chi connectivity index (χ3v) is 7.13. The highest BCUT2D eigenvalue weighted by molar-refractivity contribution is 5.86. The van der Waals surface area contributed by atoms with Crippen LogP contribution in [0.15, 0.2) is 30.5 Å². The fourth-order valence-corrected chi connectivity index (χ4v) is 5.40. The van der Waals surface area contributed by atoms with Crippen molar-refractivity contribution in [3.05, 3.63) is 30.5 Å². The van der Waals surface area contributed by atoms with Gasteiger partial charge in [-0.2, -0.15) is 0 Å². The number of ether oxygens (including phenoxy) is 1. The van der Waals surface area contributed by atoms with E-state index < -0.39 is 0 Å². The van der Waals surface area contributed by atoms with Crippen molar-refractivity contribution in [3.63, 3.8) is 0 Å². The second kappa shape index (κ2) is 8.39. The Hall–Kier alpha value is -2.01. The number of hydrogen-bond donors (Lipinski definition) is 0. The van der Waals surface area contributed by atoms with Gasteiger partial charge in [0.2, 0.25) is 5.91 Å². The summed E-state index contributed by atoms with van der Waals surface area (Å²) in [4.78, 5) is 16.3. The quantitative estimate of drug-likeness (QED) is 0.735. The molecular weight excluding hydrogens is 362 g/mol. The van der Waals surface area contributed by atoms with Crippen LogP contribution in [0.5, 0.6) is 5.75 Å². The molecule has 3 heterocycles. The summed E-state index contributed by atoms with van der Waals surface area (Å²) < 4.78 is 8.95. The fraction of sp³-hybridized carbons (Fsp3) is 0.625. The molecule has 1 saturated carbocycles. The van der Waals surface area contributed by atoms with Crippen LogP contribution in [0.1, 0.15) is 57.4 Å². The third kappa shape index (κ3) is 4.02. The van der Waals surface area contributed by atoms with Crippen molar-refractivity contribution < 1.29 is 9.53 Å². The molecule has 1 aromatic heterocycles. The summed E-state index contributed by atoms with van der Waals surface area (Å²) >= 11 is 0. The molecule has 0 spiro atoms. The molecule has 0 atom stereocenters. The van der Waals surface area contributed by atoms with E-state index in [4.69, 9.17) is 4.74 Å². The van der Waals surface area contributed by atoms with E-state index in [2.05, 4.69) is 39.9 Å². The SMILES string of the molecule is O=C1CCCN1CCN1CCC(Oc2cccc3c2ccn3C2CCCC2)CC1. The van der Waals surface area contributed by atoms with Crippen molar-refractivity contribution in [3.8, 4) is 5.75 Å². The Morgan fingerprint density at radius 1 is 0.931 bits per heavy atom. The van der Waals surface area contributed by atoms with Gasteiger partial charge in [0.15, 0.2) is 0 Å². The first-order valence-electron chi connectivity index (χ1n) is 11.5. The minimum atomic E-state index is 0.292. The van der Waals surface area contributed by atoms with Crippen LogP contribution in [0.25, 0.3) is 10.9 Å². The molecule has 0 radical (unpaired) electrons. The van der Waals surface area contributed by atoms with E-state index in [1.807, 2.05) is 4.90 Å². The summed E-state index contributed by atoms with van der Waals surface area (Å²) in [6, 6.07) is 9.42. The minimum absolute atomic E-state index is 0.292. The predicted octanol–water partition coefficient (Wildman–Crippen LogP) is 4.22. The van der Waals surface area contributed by atoms with Crippen LogP contribution in [0.2, 0.25) is 0 Å². The van der Waals surface area contributed by atoms with Gasteiger partial charge in [0.1, 0.15) is 11.9 Å². The highest BCUT2D eigenvalue weighted by Crippen LogP contribution is 2.36. The van der Waals surface area contributed by atoms with E-state index in [0.29, 0.717) is 18.1 Å². The molecule has 0 N–H and O–H groups in total. The molecule has 3 fully saturated rings. The molecule has 2 aliphatic heterocycles. The van der Waals surface area contributed by atoms with E-state index in [-0.39, 0.29) is 0 Å². The first kappa shape index (κ1) is 19.0. The number of hydrogen-bond acceptors (Lipinski definition) is 3. The lowest BCUT2D eigenvalue weighted by atomic mass is 10.1. The molecule has 1 aliphatic carbocycles. The molecule has 1 amide bonds. The van der Waals surface area contributed by atoms with Crippen molar-refractivity contribution in [1.29, 1.82) is 0 Å². The molecule has 5 rings (SSSR count). The Morgan fingerprint density at radius 3 is 2.52 bits per heavy atom. The monoisotopic (exact) mass is 395 g/mol. The van der Waals surface area contributed by atoms with Gasteiger partial charge < -0.3 is 19.1 Å². The van der Waals surface area contributed by atoms with E-state index in [1.54, 1.807) is 0 Å². The lowest BCUT2D eigenvalue weighted by molar-refractivity contribution is -0.127. The normalized spacial score (nSPS) is 22.2. The molecule has 3 aliphatic rings. The number of likely N-dealkylation sites (tertiary alicyclic amines) is 2. The van der Waals surface area contributed by atoms with Gasteiger partial charge in [-0.3, -0.25) is 4.79 Å². The Labute approximate surface area is 173 Å². The van der Waals surface area contributed by atoms with Crippen molar-refractivity contribution >= 4 is 16.8 Å². The van der Waals surface area contributed by atoms with Gasteiger partial charge in [-0.05, 0) is 50.3 Å². The maximum Gasteiger partial charge on any atom is 0.222 e. The second-order valence-corrected chi connectivity index (χ2v) is 8.99. The Balaban J connectivity index is 1.17. The Bertz CT molecular complexity index is 847. The first-order valence-corrected chi connectivity index (χ1v) is 11.5. The van der Waals surface area contributed by atoms with E-state index in [9.17, 15) is 4.79 Å². The number of fused-ring (bicyclic) bond motifs is 1. The van der Waals surface area contributed by atoms with Crippen LogP contribution in [0.3, 0.4) is 0 Å². The largest absolute Gasteiger partial charge is 0.490 e. The van der Waals surface area contributed by atoms with Gasteiger partial charge >= 0.3 is 0 Å². The molecule has 5 nitrogen and oxygen atoms in total. The summed E-state index contributed by atoms with van der Waals surface area (Å²) in [5.41, 5.74) is 1.32. The van der Waals surface area contributed by atoms with Gasteiger partial charge in [0.05, 0.1) is 5.52 Å². The number of carbonyl (C=O) groups excluding carboxylic acids is 1. The van der Waals surface area contributed by atoms with E-state index in [1.165, 1.54) is 36.6 Å². The van der Waals surface area contributed by atoms with Crippen molar-refractivity contribution in [2.24, 2.45) is 0 Å². The molecule has 2 aromatic rings. The van der Waals surface area contributed by atoms with Crippen LogP contribution in [0, 0.1) is 0 Å². The molecule has 0 unspecified atom stereocenters. The Morgan fingerprint density at radius 2 is 1.76 bits per heavy atom. The van der Waals surface area contributed by atoms with Crippen LogP contribution in [-0.4, -0.2) is 59.1 Å². The lowest BCUT2D eigenvalue weighted by Crippen LogP contribution is -2.42. The van der Waals surface area contributed by atoms with Crippen molar-refractivity contribution in [2.75, 3.05) is 32.7 Å². The molecule has 0 bridgehead atoms. The van der Waals surface area contributed by atoms with Gasteiger partial charge in [-0.1, -0.05) is 18.9 Å². The maximum atomic E-state index is 11.8. The van der Waals surface area contributed by atoms with E-state index in [0.717, 1.165) is 64.2 Å². The van der Waals surface area contributed by atoms with Crippen LogP contribution < -0.4 is 4.74 Å². The molecule has 156 valence electrons. The number of nitrogens with zero attached hydrogens (tertiary/aromatic N) is 3. The molecular formula is C24H33N3O2. The number of piperidine rings is 1. The number of aromatic nitrogens is 1. The highest BCUT2D eigenvalue weighted by Gasteiger charge is 2.25. The number of amides is 1. The van der Waals surface area contributed by atoms with Crippen LogP contribution >= 0.6 is 0 Å². The van der Waals surface area contributed by atoms with Gasteiger partial charge in [0, 0.05) is 56.8 Å². The molecule has 2 saturated heterocycles. The van der Waals surface area contributed by atoms with Crippen molar-refractivity contribution in [1.82, 2.24) is 14.4 Å². The average molecular weight is 396 g/mol. The zero-order chi connectivity index (χ0) is 19.6. The van der Waals surface area contributed by atoms with Crippen LogP contribution in [0.4, 0.5) is 0 Å². The third-order valence-electron chi connectivity index (χ3n) is 7.13. The number of carbonyl (C=O) groups is 1. The molecule has 1 aromatic carbocycles. The summed E-state index contributed by atoms with van der Waals surface area (Å²) in [7, 11) is 0. The second-order valence-electron chi connectivity index (χ2n) is 8.99. The highest BCUT2D eigenvalue weighted by atomic mass is 16.5. The maximum absolute atomic E-state index is 11.8. The summed E-state index contributed by atoms with van der Waals surface area (Å²) in [5.74, 6) is 1.38. The first-order chi connectivity index (χ1) is 14.3. The van der Waals surface area contributed by atoms with Gasteiger partial charge in [0.25, 0.3) is 0 Å². The van der Waals surface area contributed by atoms with Crippen molar-refractivity contribution in [2.45, 2.75) is 63.5 Å². The standard InChI is InChI=1S/C24H33N3O2/c28-24-9-4-13-26(24)18-17-25-14-10-20(11-15-25)29-23-8-3-7-22-21(23)12-16-27(22)19-5-1-2-6-19/h3,7-8,12,16,19-20H,1-2,4-6,9-11,13-15,17-18H2. The minimum Gasteiger partial charge on any atom is -0.490 e. The summed E-state index contributed by atoms with van der Waals surface area (Å²) in [6.45, 7) is 4.96. The lowest BCUT2D eigenvalue weighted by Gasteiger charge is -2.33. The Kier molecular flexibility index (Phi) is 5.49. The van der Waals surface area contributed by atoms with E-state index >= 15 is 0 Å². The number of rotatable bonds is 6. The molecule has 5 heteroatoms.